The van der Waals surface area contributed by atoms with E-state index >= 15 is 0 Å². The summed E-state index contributed by atoms with van der Waals surface area (Å²) in [5.74, 6) is 1.87. The van der Waals surface area contributed by atoms with Crippen LogP contribution in [0.3, 0.4) is 0 Å². The average molecular weight is 442 g/mol. The molecule has 2 heterocycles. The summed E-state index contributed by atoms with van der Waals surface area (Å²) in [5, 5.41) is 0.843. The molecule has 8 heteroatoms. The van der Waals surface area contributed by atoms with E-state index in [9.17, 15) is 4.79 Å². The van der Waals surface area contributed by atoms with E-state index < -0.39 is 0 Å². The van der Waals surface area contributed by atoms with Gasteiger partial charge in [0.2, 0.25) is 5.91 Å². The van der Waals surface area contributed by atoms with Gasteiger partial charge in [0, 0.05) is 26.7 Å². The maximum absolute atomic E-state index is 13.0. The lowest BCUT2D eigenvalue weighted by molar-refractivity contribution is -0.129. The van der Waals surface area contributed by atoms with Crippen LogP contribution in [0, 0.1) is 0 Å². The van der Waals surface area contributed by atoms with Crippen molar-refractivity contribution in [1.82, 2.24) is 14.5 Å². The molecule has 1 aliphatic heterocycles. The van der Waals surface area contributed by atoms with Gasteiger partial charge in [-0.05, 0) is 41.8 Å². The van der Waals surface area contributed by atoms with Gasteiger partial charge in [0.05, 0.1) is 37.6 Å². The number of thioether (sulfide) groups is 1. The van der Waals surface area contributed by atoms with E-state index in [0.717, 1.165) is 33.9 Å². The fourth-order valence-corrected chi connectivity index (χ4v) is 4.82. The van der Waals surface area contributed by atoms with Crippen molar-refractivity contribution in [3.8, 4) is 11.5 Å². The van der Waals surface area contributed by atoms with E-state index in [1.165, 1.54) is 17.3 Å². The van der Waals surface area contributed by atoms with Crippen LogP contribution in [0.4, 0.5) is 0 Å². The zero-order valence-corrected chi connectivity index (χ0v) is 18.9. The molecular formula is C23H27N3O4S. The van der Waals surface area contributed by atoms with Gasteiger partial charge < -0.3 is 23.7 Å². The number of fused-ring (bicyclic) bond motifs is 2. The Kier molecular flexibility index (Phi) is 6.67. The molecule has 1 amide bonds. The third-order valence-corrected chi connectivity index (χ3v) is 6.50. The maximum Gasteiger partial charge on any atom is 0.233 e. The molecule has 4 rings (SSSR count). The Labute approximate surface area is 186 Å². The predicted molar refractivity (Wildman–Crippen MR) is 121 cm³/mol. The number of nitrogens with zero attached hydrogens (tertiary/aromatic N) is 3. The number of para-hydroxylation sites is 2. The van der Waals surface area contributed by atoms with Crippen molar-refractivity contribution in [3.63, 3.8) is 0 Å². The van der Waals surface area contributed by atoms with Crippen molar-refractivity contribution in [2.24, 2.45) is 0 Å². The molecule has 0 spiro atoms. The summed E-state index contributed by atoms with van der Waals surface area (Å²) in [6.07, 6.45) is 0.804. The van der Waals surface area contributed by atoms with Gasteiger partial charge in [0.25, 0.3) is 0 Å². The summed E-state index contributed by atoms with van der Waals surface area (Å²) in [6.45, 7) is 2.57. The van der Waals surface area contributed by atoms with Crippen molar-refractivity contribution in [3.05, 3.63) is 47.5 Å². The third-order valence-electron chi connectivity index (χ3n) is 5.53. The number of rotatable bonds is 8. The highest BCUT2D eigenvalue weighted by atomic mass is 32.2. The van der Waals surface area contributed by atoms with E-state index in [2.05, 4.69) is 4.57 Å². The van der Waals surface area contributed by atoms with Gasteiger partial charge in [-0.1, -0.05) is 23.9 Å². The lowest BCUT2D eigenvalue weighted by Crippen LogP contribution is -2.37. The second-order valence-corrected chi connectivity index (χ2v) is 8.30. The summed E-state index contributed by atoms with van der Waals surface area (Å²) in [6, 6.07) is 12.0. The topological polar surface area (TPSA) is 65.8 Å². The van der Waals surface area contributed by atoms with Crippen LogP contribution >= 0.6 is 11.8 Å². The van der Waals surface area contributed by atoms with Gasteiger partial charge in [0.15, 0.2) is 16.7 Å². The predicted octanol–water partition coefficient (Wildman–Crippen LogP) is 3.38. The molecule has 7 nitrogen and oxygen atoms in total. The van der Waals surface area contributed by atoms with Gasteiger partial charge in [-0.2, -0.15) is 0 Å². The quantitative estimate of drug-likeness (QED) is 0.500. The Balaban J connectivity index is 1.46. The third kappa shape index (κ3) is 4.50. The zero-order chi connectivity index (χ0) is 21.8. The van der Waals surface area contributed by atoms with Crippen LogP contribution in [-0.2, 0) is 29.0 Å². The van der Waals surface area contributed by atoms with Gasteiger partial charge in [-0.3, -0.25) is 4.79 Å². The molecule has 0 N–H and O–H groups in total. The van der Waals surface area contributed by atoms with Crippen LogP contribution in [0.2, 0.25) is 0 Å². The van der Waals surface area contributed by atoms with E-state index in [-0.39, 0.29) is 5.91 Å². The number of carbonyl (C=O) groups excluding carboxylic acids is 1. The number of hydrogen-bond donors (Lipinski definition) is 0. The number of carbonyl (C=O) groups is 1. The van der Waals surface area contributed by atoms with Crippen LogP contribution in [0.5, 0.6) is 11.5 Å². The molecule has 3 aromatic rings. The largest absolute Gasteiger partial charge is 0.493 e. The highest BCUT2D eigenvalue weighted by molar-refractivity contribution is 7.99. The second-order valence-electron chi connectivity index (χ2n) is 7.36. The van der Waals surface area contributed by atoms with Crippen molar-refractivity contribution in [2.45, 2.75) is 24.7 Å². The molecule has 0 saturated heterocycles. The molecule has 0 unspecified atom stereocenters. The van der Waals surface area contributed by atoms with Gasteiger partial charge >= 0.3 is 0 Å². The summed E-state index contributed by atoms with van der Waals surface area (Å²) in [7, 11) is 4.95. The van der Waals surface area contributed by atoms with Crippen molar-refractivity contribution in [2.75, 3.05) is 40.2 Å². The maximum atomic E-state index is 13.0. The Morgan fingerprint density at radius 1 is 1.10 bits per heavy atom. The van der Waals surface area contributed by atoms with Crippen LogP contribution in [-0.4, -0.2) is 60.6 Å². The lowest BCUT2D eigenvalue weighted by atomic mass is 9.99. The molecule has 1 aromatic heterocycles. The fraction of sp³-hybridized carbons (Fsp3) is 0.391. The standard InChI is InChI=1S/C23H27N3O4S/c1-28-11-10-26-19-7-5-4-6-18(19)24-23(26)31-15-22(27)25-9-8-16-12-20(29-2)21(30-3)13-17(16)14-25/h4-7,12-13H,8-11,14-15H2,1-3H3. The second kappa shape index (κ2) is 9.62. The molecule has 0 radical (unpaired) electrons. The number of hydrogen-bond acceptors (Lipinski definition) is 6. The lowest BCUT2D eigenvalue weighted by Gasteiger charge is -2.29. The number of ether oxygens (including phenoxy) is 3. The minimum absolute atomic E-state index is 0.107. The molecule has 0 atom stereocenters. The minimum atomic E-state index is 0.107. The Bertz CT molecular complexity index is 1080. The normalized spacial score (nSPS) is 13.3. The van der Waals surface area contributed by atoms with E-state index in [1.54, 1.807) is 21.3 Å². The molecule has 2 aromatic carbocycles. The molecule has 0 saturated carbocycles. The average Bonchev–Trinajstić information content (AvgIpc) is 3.17. The number of methoxy groups -OCH3 is 3. The first-order valence-corrected chi connectivity index (χ1v) is 11.2. The molecule has 0 aliphatic carbocycles. The Morgan fingerprint density at radius 2 is 1.84 bits per heavy atom. The first kappa shape index (κ1) is 21.5. The highest BCUT2D eigenvalue weighted by Gasteiger charge is 2.23. The number of benzene rings is 2. The number of imidazole rings is 1. The van der Waals surface area contributed by atoms with Crippen molar-refractivity contribution >= 4 is 28.7 Å². The fourth-order valence-electron chi connectivity index (χ4n) is 3.88. The summed E-state index contributed by atoms with van der Waals surface area (Å²) >= 11 is 1.48. The zero-order valence-electron chi connectivity index (χ0n) is 18.1. The van der Waals surface area contributed by atoms with Crippen molar-refractivity contribution in [1.29, 1.82) is 0 Å². The number of amides is 1. The van der Waals surface area contributed by atoms with Gasteiger partial charge in [-0.15, -0.1) is 0 Å². The highest BCUT2D eigenvalue weighted by Crippen LogP contribution is 2.33. The minimum Gasteiger partial charge on any atom is -0.493 e. The molecule has 0 bridgehead atoms. The van der Waals surface area contributed by atoms with Crippen LogP contribution in [0.1, 0.15) is 11.1 Å². The van der Waals surface area contributed by atoms with E-state index in [0.29, 0.717) is 37.7 Å². The first-order valence-electron chi connectivity index (χ1n) is 10.2. The Hall–Kier alpha value is -2.71. The molecule has 1 aliphatic rings. The van der Waals surface area contributed by atoms with Gasteiger partial charge in [0.1, 0.15) is 0 Å². The molecule has 0 fully saturated rings. The summed E-state index contributed by atoms with van der Waals surface area (Å²) < 4.78 is 18.2. The van der Waals surface area contributed by atoms with Gasteiger partial charge in [-0.25, -0.2) is 4.98 Å². The Morgan fingerprint density at radius 3 is 2.58 bits per heavy atom. The SMILES string of the molecule is COCCn1c(SCC(=O)N2CCc3cc(OC)c(OC)cc3C2)nc2ccccc21. The molecular weight excluding hydrogens is 414 g/mol. The summed E-state index contributed by atoms with van der Waals surface area (Å²) in [4.78, 5) is 19.6. The van der Waals surface area contributed by atoms with Crippen LogP contribution < -0.4 is 9.47 Å². The summed E-state index contributed by atoms with van der Waals surface area (Å²) in [5.41, 5.74) is 4.30. The number of aromatic nitrogens is 2. The van der Waals surface area contributed by atoms with Crippen LogP contribution in [0.15, 0.2) is 41.6 Å². The molecule has 164 valence electrons. The van der Waals surface area contributed by atoms with Crippen molar-refractivity contribution < 1.29 is 19.0 Å². The van der Waals surface area contributed by atoms with E-state index in [4.69, 9.17) is 19.2 Å². The van der Waals surface area contributed by atoms with E-state index in [1.807, 2.05) is 41.3 Å². The van der Waals surface area contributed by atoms with Crippen LogP contribution in [0.25, 0.3) is 11.0 Å². The first-order chi connectivity index (χ1) is 15.1. The smallest absolute Gasteiger partial charge is 0.233 e. The molecule has 31 heavy (non-hydrogen) atoms. The monoisotopic (exact) mass is 441 g/mol.